The van der Waals surface area contributed by atoms with Crippen molar-refractivity contribution >= 4 is 12.0 Å². The fraction of sp³-hybridized carbons (Fsp3) is 0.846. The van der Waals surface area contributed by atoms with E-state index in [1.54, 1.807) is 11.9 Å². The molecule has 2 fully saturated rings. The largest absolute Gasteiger partial charge is 0.480 e. The van der Waals surface area contributed by atoms with Gasteiger partial charge >= 0.3 is 12.0 Å². The van der Waals surface area contributed by atoms with E-state index in [2.05, 4.69) is 4.90 Å². The van der Waals surface area contributed by atoms with Crippen LogP contribution in [-0.4, -0.2) is 77.1 Å². The fourth-order valence-electron chi connectivity index (χ4n) is 2.87. The van der Waals surface area contributed by atoms with E-state index in [0.29, 0.717) is 6.04 Å². The van der Waals surface area contributed by atoms with E-state index >= 15 is 0 Å². The summed E-state index contributed by atoms with van der Waals surface area (Å²) in [5, 5.41) is 8.95. The molecule has 0 aromatic rings. The number of carbonyl (C=O) groups is 2. The summed E-state index contributed by atoms with van der Waals surface area (Å²) in [4.78, 5) is 28.7. The number of carboxylic acid groups (broad SMARTS) is 1. The summed E-state index contributed by atoms with van der Waals surface area (Å²) in [6.45, 7) is 5.27. The molecule has 2 unspecified atom stereocenters. The molecule has 0 aliphatic carbocycles. The molecule has 19 heavy (non-hydrogen) atoms. The Balaban J connectivity index is 1.89. The molecule has 2 heterocycles. The second kappa shape index (κ2) is 5.77. The highest BCUT2D eigenvalue weighted by Crippen LogP contribution is 2.21. The van der Waals surface area contributed by atoms with Gasteiger partial charge in [0.1, 0.15) is 6.04 Å². The molecular weight excluding hydrogens is 246 g/mol. The Kier molecular flexibility index (Phi) is 4.29. The highest BCUT2D eigenvalue weighted by Gasteiger charge is 2.34. The third-order valence-corrected chi connectivity index (χ3v) is 4.33. The Bertz CT molecular complexity index is 355. The van der Waals surface area contributed by atoms with Crippen LogP contribution in [0.3, 0.4) is 0 Å². The molecule has 0 aromatic heterocycles. The van der Waals surface area contributed by atoms with Gasteiger partial charge < -0.3 is 14.9 Å². The van der Waals surface area contributed by atoms with Gasteiger partial charge in [0.15, 0.2) is 0 Å². The lowest BCUT2D eigenvalue weighted by Gasteiger charge is -2.28. The van der Waals surface area contributed by atoms with Crippen LogP contribution in [0.15, 0.2) is 0 Å². The highest BCUT2D eigenvalue weighted by molar-refractivity contribution is 5.82. The van der Waals surface area contributed by atoms with Crippen LogP contribution in [0.1, 0.15) is 26.2 Å². The average Bonchev–Trinajstić information content (AvgIpc) is 3.05. The van der Waals surface area contributed by atoms with Crippen LogP contribution in [-0.2, 0) is 4.79 Å². The predicted molar refractivity (Wildman–Crippen MR) is 71.0 cm³/mol. The topological polar surface area (TPSA) is 64.1 Å². The molecule has 6 heteroatoms. The van der Waals surface area contributed by atoms with Crippen molar-refractivity contribution in [2.45, 2.75) is 38.3 Å². The van der Waals surface area contributed by atoms with Crippen molar-refractivity contribution in [3.63, 3.8) is 0 Å². The third-order valence-electron chi connectivity index (χ3n) is 4.33. The molecule has 1 N–H and O–H groups in total. The molecule has 0 saturated carbocycles. The van der Waals surface area contributed by atoms with E-state index in [4.69, 9.17) is 5.11 Å². The number of carboxylic acids is 1. The van der Waals surface area contributed by atoms with Gasteiger partial charge in [-0.05, 0) is 39.3 Å². The van der Waals surface area contributed by atoms with Crippen molar-refractivity contribution in [3.05, 3.63) is 0 Å². The second-order valence-electron chi connectivity index (χ2n) is 5.54. The molecular formula is C13H23N3O3. The van der Waals surface area contributed by atoms with Crippen LogP contribution >= 0.6 is 0 Å². The number of likely N-dealkylation sites (tertiary alicyclic amines) is 2. The summed E-state index contributed by atoms with van der Waals surface area (Å²) in [5.41, 5.74) is 0. The minimum Gasteiger partial charge on any atom is -0.480 e. The number of amides is 2. The zero-order valence-electron chi connectivity index (χ0n) is 11.7. The molecule has 0 radical (unpaired) electrons. The first-order chi connectivity index (χ1) is 9.00. The summed E-state index contributed by atoms with van der Waals surface area (Å²) in [6, 6.07) is -0.491. The van der Waals surface area contributed by atoms with Crippen molar-refractivity contribution in [1.82, 2.24) is 14.7 Å². The minimum atomic E-state index is -0.967. The van der Waals surface area contributed by atoms with Crippen molar-refractivity contribution in [2.24, 2.45) is 0 Å². The number of aliphatic carboxylic acids is 1. The van der Waals surface area contributed by atoms with Gasteiger partial charge in [-0.1, -0.05) is 0 Å². The molecule has 108 valence electrons. The zero-order valence-corrected chi connectivity index (χ0v) is 11.7. The molecule has 0 spiro atoms. The number of likely N-dealkylation sites (N-methyl/N-ethyl adjacent to an activating group) is 1. The van der Waals surface area contributed by atoms with Gasteiger partial charge in [0.05, 0.1) is 0 Å². The van der Waals surface area contributed by atoms with Gasteiger partial charge in [-0.2, -0.15) is 0 Å². The second-order valence-corrected chi connectivity index (χ2v) is 5.54. The average molecular weight is 269 g/mol. The van der Waals surface area contributed by atoms with Gasteiger partial charge in [-0.15, -0.1) is 0 Å². The maximum atomic E-state index is 12.2. The number of nitrogens with zero attached hydrogens (tertiary/aromatic N) is 3. The summed E-state index contributed by atoms with van der Waals surface area (Å²) < 4.78 is 0. The molecule has 0 aromatic carbocycles. The normalized spacial score (nSPS) is 25.6. The first kappa shape index (κ1) is 14.1. The lowest BCUT2D eigenvalue weighted by atomic mass is 10.2. The zero-order chi connectivity index (χ0) is 14.0. The molecule has 2 amide bonds. The first-order valence-electron chi connectivity index (χ1n) is 6.99. The monoisotopic (exact) mass is 269 g/mol. The van der Waals surface area contributed by atoms with Gasteiger partial charge in [0.2, 0.25) is 0 Å². The summed E-state index contributed by atoms with van der Waals surface area (Å²) in [6.07, 6.45) is 3.50. The van der Waals surface area contributed by atoms with Crippen LogP contribution in [0.2, 0.25) is 0 Å². The van der Waals surface area contributed by atoms with E-state index < -0.39 is 12.0 Å². The van der Waals surface area contributed by atoms with Gasteiger partial charge in [0, 0.05) is 26.2 Å². The maximum Gasteiger partial charge on any atom is 0.326 e. The number of hydrogen-bond acceptors (Lipinski definition) is 3. The molecule has 0 bridgehead atoms. The van der Waals surface area contributed by atoms with Crippen LogP contribution in [0.5, 0.6) is 0 Å². The van der Waals surface area contributed by atoms with Crippen LogP contribution in [0, 0.1) is 0 Å². The van der Waals surface area contributed by atoms with E-state index in [-0.39, 0.29) is 6.03 Å². The first-order valence-corrected chi connectivity index (χ1v) is 6.99. The third kappa shape index (κ3) is 3.00. The summed E-state index contributed by atoms with van der Waals surface area (Å²) in [7, 11) is 1.56. The number of urea groups is 1. The van der Waals surface area contributed by atoms with Crippen LogP contribution in [0.25, 0.3) is 0 Å². The maximum absolute atomic E-state index is 12.2. The lowest BCUT2D eigenvalue weighted by molar-refractivity contribution is -0.141. The molecule has 2 rings (SSSR count). The quantitative estimate of drug-likeness (QED) is 0.818. The standard InChI is InChI=1S/C13H23N3O3/c1-10(12(17)18)14(2)13(19)16-8-5-11(9-16)15-6-3-4-7-15/h10-11H,3-9H2,1-2H3,(H,17,18). The van der Waals surface area contributed by atoms with E-state index in [1.165, 1.54) is 24.7 Å². The van der Waals surface area contributed by atoms with Crippen LogP contribution in [0.4, 0.5) is 4.79 Å². The Labute approximate surface area is 114 Å². The van der Waals surface area contributed by atoms with Gasteiger partial charge in [0.25, 0.3) is 0 Å². The van der Waals surface area contributed by atoms with Crippen molar-refractivity contribution < 1.29 is 14.7 Å². The Hall–Kier alpha value is -1.30. The molecule has 2 aliphatic heterocycles. The van der Waals surface area contributed by atoms with E-state index in [0.717, 1.165) is 32.6 Å². The molecule has 6 nitrogen and oxygen atoms in total. The Morgan fingerprint density at radius 3 is 2.47 bits per heavy atom. The lowest BCUT2D eigenvalue weighted by Crippen LogP contribution is -2.48. The van der Waals surface area contributed by atoms with Crippen molar-refractivity contribution in [2.75, 3.05) is 33.2 Å². The molecule has 2 saturated heterocycles. The highest BCUT2D eigenvalue weighted by atomic mass is 16.4. The fourth-order valence-corrected chi connectivity index (χ4v) is 2.87. The van der Waals surface area contributed by atoms with Crippen molar-refractivity contribution in [3.8, 4) is 0 Å². The van der Waals surface area contributed by atoms with E-state index in [1.807, 2.05) is 0 Å². The molecule has 2 atom stereocenters. The van der Waals surface area contributed by atoms with Gasteiger partial charge in [-0.25, -0.2) is 9.59 Å². The van der Waals surface area contributed by atoms with Crippen LogP contribution < -0.4 is 0 Å². The summed E-state index contributed by atoms with van der Waals surface area (Å²) in [5.74, 6) is -0.967. The predicted octanol–water partition coefficient (Wildman–Crippen LogP) is 0.681. The number of hydrogen-bond donors (Lipinski definition) is 1. The number of rotatable bonds is 3. The Morgan fingerprint density at radius 2 is 1.89 bits per heavy atom. The van der Waals surface area contributed by atoms with Crippen molar-refractivity contribution in [1.29, 1.82) is 0 Å². The SMILES string of the molecule is CC(C(=O)O)N(C)C(=O)N1CCC(N2CCCC2)C1. The molecule has 2 aliphatic rings. The van der Waals surface area contributed by atoms with Gasteiger partial charge in [-0.3, -0.25) is 4.90 Å². The summed E-state index contributed by atoms with van der Waals surface area (Å²) >= 11 is 0. The number of carbonyl (C=O) groups excluding carboxylic acids is 1. The van der Waals surface area contributed by atoms with E-state index in [9.17, 15) is 9.59 Å². The minimum absolute atomic E-state index is 0.170. The Morgan fingerprint density at radius 1 is 1.26 bits per heavy atom. The smallest absolute Gasteiger partial charge is 0.326 e.